The molecule has 3 rings (SSSR count). The summed E-state index contributed by atoms with van der Waals surface area (Å²) in [5, 5.41) is 5.58. The summed E-state index contributed by atoms with van der Waals surface area (Å²) >= 11 is 1.48. The number of thiazole rings is 1. The number of nitrogens with one attached hydrogen (secondary N) is 1. The van der Waals surface area contributed by atoms with E-state index in [9.17, 15) is 4.79 Å². The van der Waals surface area contributed by atoms with Gasteiger partial charge < -0.3 is 5.32 Å². The van der Waals surface area contributed by atoms with Crippen molar-refractivity contribution in [2.75, 3.05) is 5.32 Å². The smallest absolute Gasteiger partial charge is 0.229 e. The van der Waals surface area contributed by atoms with Gasteiger partial charge in [-0.15, -0.1) is 11.3 Å². The molecule has 18 heavy (non-hydrogen) atoms. The van der Waals surface area contributed by atoms with Crippen LogP contribution in [-0.4, -0.2) is 10.9 Å². The van der Waals surface area contributed by atoms with E-state index in [0.29, 0.717) is 5.13 Å². The van der Waals surface area contributed by atoms with Crippen LogP contribution >= 0.6 is 11.3 Å². The topological polar surface area (TPSA) is 42.0 Å². The lowest BCUT2D eigenvalue weighted by Gasteiger charge is -2.23. The quantitative estimate of drug-likeness (QED) is 0.914. The van der Waals surface area contributed by atoms with E-state index in [4.69, 9.17) is 0 Å². The molecule has 3 nitrogen and oxygen atoms in total. The summed E-state index contributed by atoms with van der Waals surface area (Å²) in [5.41, 5.74) is 2.00. The molecular formula is C14H14N2OS. The Kier molecular flexibility index (Phi) is 3.11. The number of hydrogen-bond donors (Lipinski definition) is 1. The van der Waals surface area contributed by atoms with Gasteiger partial charge in [-0.2, -0.15) is 0 Å². The van der Waals surface area contributed by atoms with Crippen molar-refractivity contribution in [1.29, 1.82) is 0 Å². The second kappa shape index (κ2) is 4.90. The van der Waals surface area contributed by atoms with Crippen LogP contribution in [0, 0.1) is 5.92 Å². The van der Waals surface area contributed by atoms with Gasteiger partial charge in [0.1, 0.15) is 0 Å². The molecule has 1 aliphatic rings. The van der Waals surface area contributed by atoms with Gasteiger partial charge in [0.15, 0.2) is 5.13 Å². The third-order valence-electron chi connectivity index (χ3n) is 3.28. The predicted octanol–water partition coefficient (Wildman–Crippen LogP) is 3.55. The second-order valence-electron chi connectivity index (χ2n) is 4.52. The number of hydrogen-bond acceptors (Lipinski definition) is 3. The van der Waals surface area contributed by atoms with Gasteiger partial charge in [-0.05, 0) is 12.8 Å². The minimum atomic E-state index is 0.121. The van der Waals surface area contributed by atoms with Crippen molar-refractivity contribution in [2.45, 2.75) is 19.3 Å². The van der Waals surface area contributed by atoms with Gasteiger partial charge >= 0.3 is 0 Å². The monoisotopic (exact) mass is 258 g/mol. The highest BCUT2D eigenvalue weighted by molar-refractivity contribution is 7.14. The highest BCUT2D eigenvalue weighted by Crippen LogP contribution is 2.29. The van der Waals surface area contributed by atoms with E-state index >= 15 is 0 Å². The zero-order chi connectivity index (χ0) is 12.4. The maximum absolute atomic E-state index is 11.8. The maximum atomic E-state index is 11.8. The van der Waals surface area contributed by atoms with Crippen LogP contribution in [0.3, 0.4) is 0 Å². The van der Waals surface area contributed by atoms with E-state index in [1.54, 1.807) is 0 Å². The summed E-state index contributed by atoms with van der Waals surface area (Å²) in [6.07, 6.45) is 3.21. The molecule has 0 aliphatic heterocycles. The van der Waals surface area contributed by atoms with E-state index in [1.807, 2.05) is 35.7 Å². The number of carbonyl (C=O) groups is 1. The van der Waals surface area contributed by atoms with Crippen LogP contribution in [0.2, 0.25) is 0 Å². The summed E-state index contributed by atoms with van der Waals surface area (Å²) in [6.45, 7) is 0. The van der Waals surface area contributed by atoms with E-state index in [2.05, 4.69) is 10.3 Å². The van der Waals surface area contributed by atoms with E-state index in [0.717, 1.165) is 24.1 Å². The molecule has 92 valence electrons. The van der Waals surface area contributed by atoms with Crippen LogP contribution in [0.25, 0.3) is 11.3 Å². The molecule has 0 spiro atoms. The Bertz CT molecular complexity index is 546. The molecule has 1 saturated carbocycles. The molecule has 1 fully saturated rings. The minimum Gasteiger partial charge on any atom is -0.302 e. The van der Waals surface area contributed by atoms with Crippen LogP contribution in [-0.2, 0) is 4.79 Å². The first-order valence-electron chi connectivity index (χ1n) is 6.15. The average Bonchev–Trinajstić information content (AvgIpc) is 2.76. The summed E-state index contributed by atoms with van der Waals surface area (Å²) in [5.74, 6) is 0.323. The number of carbonyl (C=O) groups excluding carboxylic acids is 1. The summed E-state index contributed by atoms with van der Waals surface area (Å²) < 4.78 is 0. The van der Waals surface area contributed by atoms with Crippen LogP contribution < -0.4 is 5.32 Å². The first kappa shape index (κ1) is 11.4. The van der Waals surface area contributed by atoms with Crippen LogP contribution in [0.5, 0.6) is 0 Å². The van der Waals surface area contributed by atoms with Gasteiger partial charge in [-0.3, -0.25) is 4.79 Å². The Hall–Kier alpha value is -1.68. The number of anilines is 1. The number of nitrogens with zero attached hydrogens (tertiary/aromatic N) is 1. The lowest BCUT2D eigenvalue weighted by molar-refractivity contribution is -0.122. The summed E-state index contributed by atoms with van der Waals surface area (Å²) in [7, 11) is 0. The van der Waals surface area contributed by atoms with Crippen molar-refractivity contribution < 1.29 is 4.79 Å². The molecule has 4 heteroatoms. The molecule has 1 amide bonds. The fourth-order valence-corrected chi connectivity index (χ4v) is 2.67. The van der Waals surface area contributed by atoms with Crippen molar-refractivity contribution in [3.8, 4) is 11.3 Å². The highest BCUT2D eigenvalue weighted by Gasteiger charge is 2.25. The summed E-state index contributed by atoms with van der Waals surface area (Å²) in [6, 6.07) is 10.00. The fraction of sp³-hybridized carbons (Fsp3) is 0.286. The Morgan fingerprint density at radius 2 is 2.06 bits per heavy atom. The third kappa shape index (κ3) is 2.29. The number of aromatic nitrogens is 1. The molecule has 0 unspecified atom stereocenters. The number of rotatable bonds is 3. The first-order valence-corrected chi connectivity index (χ1v) is 7.03. The fourth-order valence-electron chi connectivity index (χ4n) is 1.95. The predicted molar refractivity (Wildman–Crippen MR) is 73.5 cm³/mol. The molecule has 1 heterocycles. The third-order valence-corrected chi connectivity index (χ3v) is 4.04. The number of amides is 1. The second-order valence-corrected chi connectivity index (χ2v) is 5.38. The lowest BCUT2D eigenvalue weighted by Crippen LogP contribution is -2.27. The first-order chi connectivity index (χ1) is 8.83. The zero-order valence-electron chi connectivity index (χ0n) is 9.93. The standard InChI is InChI=1S/C14H14N2OS/c17-13(11-7-4-8-11)16-14-15-12(9-18-14)10-5-2-1-3-6-10/h1-3,5-6,9,11H,4,7-8H2,(H,15,16,17). The summed E-state index contributed by atoms with van der Waals surface area (Å²) in [4.78, 5) is 16.2. The van der Waals surface area contributed by atoms with Gasteiger partial charge in [0.2, 0.25) is 5.91 Å². The minimum absolute atomic E-state index is 0.121. The van der Waals surface area contributed by atoms with Gasteiger partial charge in [0.25, 0.3) is 0 Å². The van der Waals surface area contributed by atoms with Crippen molar-refractivity contribution in [1.82, 2.24) is 4.98 Å². The zero-order valence-corrected chi connectivity index (χ0v) is 10.7. The molecule has 1 aliphatic carbocycles. The van der Waals surface area contributed by atoms with Crippen LogP contribution in [0.1, 0.15) is 19.3 Å². The van der Waals surface area contributed by atoms with Crippen molar-refractivity contribution >= 4 is 22.4 Å². The molecule has 0 saturated heterocycles. The van der Waals surface area contributed by atoms with Gasteiger partial charge in [-0.1, -0.05) is 36.8 Å². The van der Waals surface area contributed by atoms with Gasteiger partial charge in [0.05, 0.1) is 5.69 Å². The molecule has 1 aromatic carbocycles. The molecule has 1 aromatic heterocycles. The molecule has 1 N–H and O–H groups in total. The average molecular weight is 258 g/mol. The Morgan fingerprint density at radius 3 is 2.72 bits per heavy atom. The van der Waals surface area contributed by atoms with E-state index in [1.165, 1.54) is 17.8 Å². The van der Waals surface area contributed by atoms with E-state index in [-0.39, 0.29) is 11.8 Å². The van der Waals surface area contributed by atoms with Gasteiger partial charge in [0, 0.05) is 16.9 Å². The molecule has 0 radical (unpaired) electrons. The molecule has 0 atom stereocenters. The van der Waals surface area contributed by atoms with E-state index < -0.39 is 0 Å². The lowest BCUT2D eigenvalue weighted by atomic mass is 9.85. The van der Waals surface area contributed by atoms with Crippen molar-refractivity contribution in [3.63, 3.8) is 0 Å². The highest BCUT2D eigenvalue weighted by atomic mass is 32.1. The molecular weight excluding hydrogens is 244 g/mol. The Morgan fingerprint density at radius 1 is 1.28 bits per heavy atom. The normalized spacial score (nSPS) is 15.1. The van der Waals surface area contributed by atoms with Crippen molar-refractivity contribution in [2.24, 2.45) is 5.92 Å². The van der Waals surface area contributed by atoms with Crippen LogP contribution in [0.15, 0.2) is 35.7 Å². The Balaban J connectivity index is 1.71. The van der Waals surface area contributed by atoms with Crippen molar-refractivity contribution in [3.05, 3.63) is 35.7 Å². The SMILES string of the molecule is O=C(Nc1nc(-c2ccccc2)cs1)C1CCC1. The maximum Gasteiger partial charge on any atom is 0.229 e. The Labute approximate surface area is 110 Å². The largest absolute Gasteiger partial charge is 0.302 e. The van der Waals surface area contributed by atoms with Gasteiger partial charge in [-0.25, -0.2) is 4.98 Å². The number of benzene rings is 1. The van der Waals surface area contributed by atoms with Crippen LogP contribution in [0.4, 0.5) is 5.13 Å². The molecule has 0 bridgehead atoms. The molecule has 2 aromatic rings.